The summed E-state index contributed by atoms with van der Waals surface area (Å²) in [5, 5.41) is 3.41. The summed E-state index contributed by atoms with van der Waals surface area (Å²) in [5.74, 6) is -0.502. The lowest BCUT2D eigenvalue weighted by atomic mass is 10.2. The number of methoxy groups -OCH3 is 1. The third-order valence-electron chi connectivity index (χ3n) is 5.19. The molecule has 1 aromatic rings. The Labute approximate surface area is 168 Å². The van der Waals surface area contributed by atoms with E-state index in [0.717, 1.165) is 42.1 Å². The first-order valence-corrected chi connectivity index (χ1v) is 10.6. The van der Waals surface area contributed by atoms with Gasteiger partial charge in [-0.3, -0.25) is 9.59 Å². The number of carbonyl (C=O) groups excluding carboxylic acids is 3. The van der Waals surface area contributed by atoms with E-state index in [1.54, 1.807) is 6.07 Å². The first kappa shape index (κ1) is 20.8. The number of carbonyl (C=O) groups is 3. The molecule has 0 aromatic carbocycles. The zero-order chi connectivity index (χ0) is 20.1. The lowest BCUT2D eigenvalue weighted by Crippen LogP contribution is -3.15. The highest BCUT2D eigenvalue weighted by Gasteiger charge is 2.32. The number of aryl methyl sites for hydroxylation is 1. The van der Waals surface area contributed by atoms with Crippen molar-refractivity contribution in [3.63, 3.8) is 0 Å². The summed E-state index contributed by atoms with van der Waals surface area (Å²) < 4.78 is 10.3. The van der Waals surface area contributed by atoms with Crippen LogP contribution in [0.15, 0.2) is 6.07 Å². The van der Waals surface area contributed by atoms with Gasteiger partial charge in [0.25, 0.3) is 11.8 Å². The largest absolute Gasteiger partial charge is 0.465 e. The molecule has 3 rings (SSSR count). The molecule has 0 unspecified atom stereocenters. The Kier molecular flexibility index (Phi) is 7.03. The molecule has 2 aliphatic rings. The quantitative estimate of drug-likeness (QED) is 0.642. The molecule has 2 aliphatic heterocycles. The summed E-state index contributed by atoms with van der Waals surface area (Å²) in [5.41, 5.74) is 0.402. The van der Waals surface area contributed by atoms with Crippen LogP contribution in [0, 0.1) is 0 Å². The lowest BCUT2D eigenvalue weighted by Gasteiger charge is -2.33. The van der Waals surface area contributed by atoms with Gasteiger partial charge in [-0.15, -0.1) is 11.3 Å². The summed E-state index contributed by atoms with van der Waals surface area (Å²) >= 11 is 1.40. The molecule has 0 saturated carbocycles. The molecule has 9 heteroatoms. The van der Waals surface area contributed by atoms with Crippen LogP contribution in [0.1, 0.15) is 35.0 Å². The molecule has 1 aromatic heterocycles. The van der Waals surface area contributed by atoms with Gasteiger partial charge in [0.2, 0.25) is 0 Å². The van der Waals surface area contributed by atoms with Crippen molar-refractivity contribution in [1.82, 2.24) is 4.90 Å². The number of quaternary nitrogens is 1. The summed E-state index contributed by atoms with van der Waals surface area (Å²) in [4.78, 5) is 40.8. The van der Waals surface area contributed by atoms with Crippen molar-refractivity contribution in [2.45, 2.75) is 32.3 Å². The van der Waals surface area contributed by atoms with Gasteiger partial charge in [-0.1, -0.05) is 6.92 Å². The van der Waals surface area contributed by atoms with Gasteiger partial charge in [0, 0.05) is 11.5 Å². The zero-order valence-electron chi connectivity index (χ0n) is 16.4. The molecule has 8 nitrogen and oxygen atoms in total. The van der Waals surface area contributed by atoms with Gasteiger partial charge in [-0.2, -0.15) is 0 Å². The van der Waals surface area contributed by atoms with Crippen LogP contribution >= 0.6 is 11.3 Å². The van der Waals surface area contributed by atoms with Crippen LogP contribution < -0.4 is 10.2 Å². The van der Waals surface area contributed by atoms with E-state index in [0.29, 0.717) is 36.8 Å². The van der Waals surface area contributed by atoms with Crippen LogP contribution in [0.5, 0.6) is 0 Å². The predicted octanol–water partition coefficient (Wildman–Crippen LogP) is -0.0583. The molecule has 2 N–H and O–H groups in total. The van der Waals surface area contributed by atoms with E-state index < -0.39 is 5.97 Å². The minimum Gasteiger partial charge on any atom is -0.465 e. The van der Waals surface area contributed by atoms with Gasteiger partial charge in [0.1, 0.15) is 11.1 Å². The fourth-order valence-electron chi connectivity index (χ4n) is 3.56. The molecule has 0 aliphatic carbocycles. The Morgan fingerprint density at radius 2 is 2.11 bits per heavy atom. The molecule has 2 saturated heterocycles. The van der Waals surface area contributed by atoms with Gasteiger partial charge >= 0.3 is 5.97 Å². The van der Waals surface area contributed by atoms with Crippen LogP contribution in [0.2, 0.25) is 0 Å². The average molecular weight is 411 g/mol. The van der Waals surface area contributed by atoms with Crippen molar-refractivity contribution in [2.24, 2.45) is 0 Å². The minimum atomic E-state index is -0.445. The molecule has 0 spiro atoms. The van der Waals surface area contributed by atoms with Crippen molar-refractivity contribution >= 4 is 34.1 Å². The molecule has 0 bridgehead atoms. The number of amides is 2. The van der Waals surface area contributed by atoms with Gasteiger partial charge in [0.05, 0.1) is 38.9 Å². The second-order valence-electron chi connectivity index (χ2n) is 7.10. The van der Waals surface area contributed by atoms with Crippen LogP contribution in [-0.2, 0) is 25.5 Å². The van der Waals surface area contributed by atoms with E-state index in [4.69, 9.17) is 9.47 Å². The van der Waals surface area contributed by atoms with E-state index in [1.165, 1.54) is 18.4 Å². The maximum absolute atomic E-state index is 12.5. The van der Waals surface area contributed by atoms with Crippen molar-refractivity contribution in [3.8, 4) is 0 Å². The van der Waals surface area contributed by atoms with E-state index >= 15 is 0 Å². The fourth-order valence-corrected chi connectivity index (χ4v) is 4.57. The summed E-state index contributed by atoms with van der Waals surface area (Å²) in [6.07, 6.45) is 2.25. The van der Waals surface area contributed by atoms with Crippen LogP contribution in [0.25, 0.3) is 0 Å². The highest BCUT2D eigenvalue weighted by molar-refractivity contribution is 7.16. The van der Waals surface area contributed by atoms with Gasteiger partial charge < -0.3 is 24.6 Å². The molecule has 2 fully saturated rings. The number of ether oxygens (including phenoxy) is 2. The number of nitrogens with one attached hydrogen (secondary N) is 2. The van der Waals surface area contributed by atoms with Crippen LogP contribution in [0.4, 0.5) is 5.00 Å². The van der Waals surface area contributed by atoms with Crippen molar-refractivity contribution in [2.75, 3.05) is 51.8 Å². The highest BCUT2D eigenvalue weighted by Crippen LogP contribution is 2.29. The second kappa shape index (κ2) is 9.49. The number of nitrogens with zero attached hydrogens (tertiary/aromatic N) is 1. The maximum atomic E-state index is 12.5. The number of rotatable bonds is 6. The second-order valence-corrected chi connectivity index (χ2v) is 8.24. The molecular formula is C19H28N3O5S+. The molecule has 28 heavy (non-hydrogen) atoms. The third-order valence-corrected chi connectivity index (χ3v) is 6.38. The molecule has 1 atom stereocenters. The van der Waals surface area contributed by atoms with Gasteiger partial charge in [-0.25, -0.2) is 4.79 Å². The van der Waals surface area contributed by atoms with Gasteiger partial charge in [-0.05, 0) is 25.3 Å². The first-order valence-electron chi connectivity index (χ1n) is 9.76. The monoisotopic (exact) mass is 410 g/mol. The van der Waals surface area contributed by atoms with E-state index in [2.05, 4.69) is 5.32 Å². The van der Waals surface area contributed by atoms with E-state index in [-0.39, 0.29) is 17.9 Å². The Balaban J connectivity index is 1.50. The lowest BCUT2D eigenvalue weighted by molar-refractivity contribution is -0.895. The molecule has 154 valence electrons. The average Bonchev–Trinajstić information content (AvgIpc) is 3.37. The number of hydrogen-bond donors (Lipinski definition) is 2. The van der Waals surface area contributed by atoms with Crippen LogP contribution in [-0.4, -0.2) is 75.2 Å². The number of esters is 1. The Morgan fingerprint density at radius 3 is 2.71 bits per heavy atom. The summed E-state index contributed by atoms with van der Waals surface area (Å²) in [6.45, 7) is 5.68. The summed E-state index contributed by atoms with van der Waals surface area (Å²) in [7, 11) is 1.33. The smallest absolute Gasteiger partial charge is 0.340 e. The number of hydrogen-bond acceptors (Lipinski definition) is 6. The van der Waals surface area contributed by atoms with Crippen molar-refractivity contribution in [1.29, 1.82) is 0 Å². The van der Waals surface area contributed by atoms with Crippen molar-refractivity contribution < 1.29 is 28.8 Å². The molecule has 0 radical (unpaired) electrons. The Hall–Kier alpha value is -1.97. The van der Waals surface area contributed by atoms with Crippen molar-refractivity contribution in [3.05, 3.63) is 16.5 Å². The Morgan fingerprint density at radius 1 is 1.36 bits per heavy atom. The molecule has 2 amide bonds. The number of piperazine rings is 1. The van der Waals surface area contributed by atoms with E-state index in [9.17, 15) is 14.4 Å². The third kappa shape index (κ3) is 4.89. The Bertz CT molecular complexity index is 721. The van der Waals surface area contributed by atoms with Gasteiger partial charge in [0.15, 0.2) is 6.54 Å². The topological polar surface area (TPSA) is 89.4 Å². The molecule has 3 heterocycles. The fraction of sp³-hybridized carbons (Fsp3) is 0.632. The number of thiophene rings is 1. The standard InChI is InChI=1S/C19H27N3O5S/c1-3-13-11-14(19(25)26-2)17(28-13)20-16(23)12-21-6-8-22(9-7-21)18(24)15-5-4-10-27-15/h11,15H,3-10,12H2,1-2H3,(H,20,23)/p+1/t15-/m0/s1. The maximum Gasteiger partial charge on any atom is 0.340 e. The SMILES string of the molecule is CCc1cc(C(=O)OC)c(NC(=O)C[NH+]2CCN(C(=O)[C@@H]3CCCO3)CC2)s1. The number of anilines is 1. The highest BCUT2D eigenvalue weighted by atomic mass is 32.1. The van der Waals surface area contributed by atoms with E-state index in [1.807, 2.05) is 11.8 Å². The van der Waals surface area contributed by atoms with Crippen LogP contribution in [0.3, 0.4) is 0 Å². The summed E-state index contributed by atoms with van der Waals surface area (Å²) in [6, 6.07) is 1.77. The molecular weight excluding hydrogens is 382 g/mol. The first-order chi connectivity index (χ1) is 13.5. The predicted molar refractivity (Wildman–Crippen MR) is 105 cm³/mol. The zero-order valence-corrected chi connectivity index (χ0v) is 17.2. The normalized spacial score (nSPS) is 20.2. The minimum absolute atomic E-state index is 0.0781.